The van der Waals surface area contributed by atoms with E-state index >= 15 is 0 Å². The van der Waals surface area contributed by atoms with Crippen molar-refractivity contribution < 1.29 is 4.79 Å². The van der Waals surface area contributed by atoms with Gasteiger partial charge in [0.05, 0.1) is 18.3 Å². The minimum Gasteiger partial charge on any atom is -0.294 e. The number of nitrogens with zero attached hydrogens (tertiary/aromatic N) is 3. The molecule has 0 saturated carbocycles. The van der Waals surface area contributed by atoms with Crippen molar-refractivity contribution in [3.63, 3.8) is 0 Å². The predicted molar refractivity (Wildman–Crippen MR) is 143 cm³/mol. The van der Waals surface area contributed by atoms with E-state index < -0.39 is 0 Å². The molecule has 0 bridgehead atoms. The second-order valence-corrected chi connectivity index (χ2v) is 10.3. The Labute approximate surface area is 213 Å². The number of halogens is 1. The van der Waals surface area contributed by atoms with E-state index in [1.54, 1.807) is 5.01 Å². The average Bonchev–Trinajstić information content (AvgIpc) is 3.32. The molecule has 5 rings (SSSR count). The van der Waals surface area contributed by atoms with E-state index in [0.29, 0.717) is 23.9 Å². The van der Waals surface area contributed by atoms with Gasteiger partial charge in [-0.1, -0.05) is 83.9 Å². The molecule has 1 atom stereocenters. The summed E-state index contributed by atoms with van der Waals surface area (Å²) in [5, 5.41) is 7.27. The highest BCUT2D eigenvalue weighted by Gasteiger charge is 2.34. The molecule has 4 nitrogen and oxygen atoms in total. The summed E-state index contributed by atoms with van der Waals surface area (Å²) < 4.78 is 0. The van der Waals surface area contributed by atoms with E-state index in [0.717, 1.165) is 49.2 Å². The van der Waals surface area contributed by atoms with Crippen LogP contribution in [0.15, 0.2) is 84.0 Å². The summed E-state index contributed by atoms with van der Waals surface area (Å²) in [6, 6.07) is 26.8. The zero-order chi connectivity index (χ0) is 24.2. The van der Waals surface area contributed by atoms with Gasteiger partial charge in [0.25, 0.3) is 5.91 Å². The summed E-state index contributed by atoms with van der Waals surface area (Å²) in [5.41, 5.74) is 5.71. The molecule has 0 unspecified atom stereocenters. The first-order valence-corrected chi connectivity index (χ1v) is 12.9. The van der Waals surface area contributed by atoms with Crippen molar-refractivity contribution in [2.45, 2.75) is 38.6 Å². The quantitative estimate of drug-likeness (QED) is 0.412. The fourth-order valence-electron chi connectivity index (χ4n) is 5.24. The maximum absolute atomic E-state index is 13.5. The molecule has 2 heterocycles. The fourth-order valence-corrected chi connectivity index (χ4v) is 5.37. The van der Waals surface area contributed by atoms with Crippen molar-refractivity contribution in [2.75, 3.05) is 19.6 Å². The minimum absolute atomic E-state index is 0.0640. The molecule has 1 saturated heterocycles. The van der Waals surface area contributed by atoms with Gasteiger partial charge in [-0.3, -0.25) is 9.69 Å². The molecular formula is C30H32ClN3O. The lowest BCUT2D eigenvalue weighted by Crippen LogP contribution is -2.42. The molecule has 35 heavy (non-hydrogen) atoms. The Bertz CT molecular complexity index is 1180. The third-order valence-corrected chi connectivity index (χ3v) is 7.46. The molecule has 5 heteroatoms. The van der Waals surface area contributed by atoms with Crippen LogP contribution >= 0.6 is 11.6 Å². The molecule has 180 valence electrons. The van der Waals surface area contributed by atoms with Crippen LogP contribution < -0.4 is 0 Å². The first-order valence-electron chi connectivity index (χ1n) is 12.5. The Morgan fingerprint density at radius 3 is 2.43 bits per heavy atom. The second kappa shape index (κ2) is 10.8. The Hall–Kier alpha value is -2.95. The normalized spacial score (nSPS) is 19.1. The number of carbonyl (C=O) groups excluding carboxylic acids is 1. The van der Waals surface area contributed by atoms with Gasteiger partial charge in [0, 0.05) is 11.4 Å². The van der Waals surface area contributed by atoms with Crippen molar-refractivity contribution in [1.29, 1.82) is 0 Å². The fraction of sp³-hybridized carbons (Fsp3) is 0.333. The van der Waals surface area contributed by atoms with E-state index in [9.17, 15) is 4.79 Å². The van der Waals surface area contributed by atoms with Crippen LogP contribution in [0.4, 0.5) is 0 Å². The molecule has 0 N–H and O–H groups in total. The molecule has 0 radical (unpaired) electrons. The van der Waals surface area contributed by atoms with Gasteiger partial charge < -0.3 is 0 Å². The first kappa shape index (κ1) is 23.8. The van der Waals surface area contributed by atoms with Crippen molar-refractivity contribution >= 4 is 23.2 Å². The van der Waals surface area contributed by atoms with Gasteiger partial charge in [-0.05, 0) is 74.0 Å². The van der Waals surface area contributed by atoms with Crippen LogP contribution in [-0.2, 0) is 11.2 Å². The molecule has 1 fully saturated rings. The summed E-state index contributed by atoms with van der Waals surface area (Å²) in [4.78, 5) is 15.8. The van der Waals surface area contributed by atoms with Crippen molar-refractivity contribution in [1.82, 2.24) is 9.91 Å². The number of rotatable bonds is 6. The molecule has 0 spiro atoms. The predicted octanol–water partition coefficient (Wildman–Crippen LogP) is 6.28. The van der Waals surface area contributed by atoms with Gasteiger partial charge in [0.2, 0.25) is 0 Å². The molecule has 3 aromatic carbocycles. The summed E-state index contributed by atoms with van der Waals surface area (Å²) in [7, 11) is 0. The number of hydrogen-bond donors (Lipinski definition) is 0. The Morgan fingerprint density at radius 1 is 0.971 bits per heavy atom. The Balaban J connectivity index is 1.27. The standard InChI is InChI=1S/C30H32ClN3O/c1-22-6-5-9-26(18-22)28-20-29(25-10-12-27(31)13-11-25)34(32-28)30(35)21-33-16-14-24(15-17-33)19-23-7-3-2-4-8-23/h2-13,18,24,29H,14-17,19-21H2,1H3/t29-/m0/s1. The van der Waals surface area contributed by atoms with Crippen LogP contribution in [0.3, 0.4) is 0 Å². The van der Waals surface area contributed by atoms with Crippen LogP contribution in [0, 0.1) is 12.8 Å². The number of amides is 1. The third kappa shape index (κ3) is 5.83. The Kier molecular flexibility index (Phi) is 7.31. The minimum atomic E-state index is -0.106. The van der Waals surface area contributed by atoms with E-state index in [2.05, 4.69) is 66.4 Å². The highest BCUT2D eigenvalue weighted by atomic mass is 35.5. The van der Waals surface area contributed by atoms with E-state index in [-0.39, 0.29) is 11.9 Å². The summed E-state index contributed by atoms with van der Waals surface area (Å²) in [5.74, 6) is 0.748. The number of hydrogen-bond acceptors (Lipinski definition) is 3. The zero-order valence-corrected chi connectivity index (χ0v) is 21.0. The van der Waals surface area contributed by atoms with Crippen LogP contribution in [0.5, 0.6) is 0 Å². The summed E-state index contributed by atoms with van der Waals surface area (Å²) >= 11 is 6.14. The SMILES string of the molecule is Cc1cccc(C2=NN(C(=O)CN3CCC(Cc4ccccc4)CC3)[C@H](c3ccc(Cl)cc3)C2)c1. The number of carbonyl (C=O) groups is 1. The lowest BCUT2D eigenvalue weighted by molar-refractivity contribution is -0.134. The first-order chi connectivity index (χ1) is 17.0. The third-order valence-electron chi connectivity index (χ3n) is 7.21. The van der Waals surface area contributed by atoms with Crippen molar-refractivity contribution in [3.8, 4) is 0 Å². The largest absolute Gasteiger partial charge is 0.294 e. The summed E-state index contributed by atoms with van der Waals surface area (Å²) in [6.07, 6.45) is 4.08. The second-order valence-electron chi connectivity index (χ2n) is 9.84. The maximum atomic E-state index is 13.5. The van der Waals surface area contributed by atoms with Crippen molar-refractivity contribution in [2.24, 2.45) is 11.0 Å². The van der Waals surface area contributed by atoms with E-state index in [1.807, 2.05) is 24.3 Å². The van der Waals surface area contributed by atoms with Gasteiger partial charge >= 0.3 is 0 Å². The van der Waals surface area contributed by atoms with Crippen LogP contribution in [0.2, 0.25) is 5.02 Å². The van der Waals surface area contributed by atoms with Gasteiger partial charge in [0.15, 0.2) is 0 Å². The highest BCUT2D eigenvalue weighted by molar-refractivity contribution is 6.30. The smallest absolute Gasteiger partial charge is 0.257 e. The number of piperidine rings is 1. The Morgan fingerprint density at radius 2 is 1.71 bits per heavy atom. The molecule has 2 aliphatic rings. The maximum Gasteiger partial charge on any atom is 0.257 e. The molecule has 2 aliphatic heterocycles. The number of benzene rings is 3. The molecule has 1 amide bonds. The molecular weight excluding hydrogens is 454 g/mol. The molecule has 3 aromatic rings. The van der Waals surface area contributed by atoms with Gasteiger partial charge in [-0.25, -0.2) is 5.01 Å². The molecule has 0 aromatic heterocycles. The van der Waals surface area contributed by atoms with Gasteiger partial charge in [-0.2, -0.15) is 5.10 Å². The van der Waals surface area contributed by atoms with Gasteiger partial charge in [0.1, 0.15) is 0 Å². The van der Waals surface area contributed by atoms with E-state index in [1.165, 1.54) is 11.1 Å². The lowest BCUT2D eigenvalue weighted by atomic mass is 9.90. The topological polar surface area (TPSA) is 35.9 Å². The number of likely N-dealkylation sites (tertiary alicyclic amines) is 1. The zero-order valence-electron chi connectivity index (χ0n) is 20.2. The highest BCUT2D eigenvalue weighted by Crippen LogP contribution is 2.34. The molecule has 0 aliphatic carbocycles. The van der Waals surface area contributed by atoms with Crippen LogP contribution in [0.1, 0.15) is 47.6 Å². The van der Waals surface area contributed by atoms with Gasteiger partial charge in [-0.15, -0.1) is 0 Å². The van der Waals surface area contributed by atoms with E-state index in [4.69, 9.17) is 16.7 Å². The van der Waals surface area contributed by atoms with Crippen LogP contribution in [0.25, 0.3) is 0 Å². The summed E-state index contributed by atoms with van der Waals surface area (Å²) in [6.45, 7) is 4.40. The monoisotopic (exact) mass is 485 g/mol. The average molecular weight is 486 g/mol. The number of aryl methyl sites for hydroxylation is 1. The van der Waals surface area contributed by atoms with Crippen LogP contribution in [-0.4, -0.2) is 41.2 Å². The number of hydrazone groups is 1. The lowest BCUT2D eigenvalue weighted by Gasteiger charge is -2.33. The van der Waals surface area contributed by atoms with Crippen molar-refractivity contribution in [3.05, 3.63) is 106 Å².